The number of thiol groups is 1. The average molecular weight is 405 g/mol. The van der Waals surface area contributed by atoms with Crippen molar-refractivity contribution in [3.63, 3.8) is 0 Å². The van der Waals surface area contributed by atoms with Crippen molar-refractivity contribution in [2.45, 2.75) is 44.7 Å². The number of hydrogen-bond acceptors (Lipinski definition) is 6. The zero-order valence-corrected chi connectivity index (χ0v) is 17.5. The van der Waals surface area contributed by atoms with Crippen LogP contribution in [0.1, 0.15) is 37.7 Å². The lowest BCUT2D eigenvalue weighted by molar-refractivity contribution is 0.142. The molecule has 4 rings (SSSR count). The molecule has 0 N–H and O–H groups in total. The molecule has 0 spiro atoms. The molecule has 0 bridgehead atoms. The Kier molecular flexibility index (Phi) is 6.54. The molecule has 0 radical (unpaired) electrons. The van der Waals surface area contributed by atoms with Gasteiger partial charge in [-0.1, -0.05) is 31.4 Å². The monoisotopic (exact) mass is 404 g/mol. The second-order valence-corrected chi connectivity index (χ2v) is 9.20. The van der Waals surface area contributed by atoms with Crippen molar-refractivity contribution in [1.82, 2.24) is 14.7 Å². The minimum absolute atomic E-state index is 0.194. The molecule has 28 heavy (non-hydrogen) atoms. The molecule has 1 aromatic rings. The van der Waals surface area contributed by atoms with Crippen LogP contribution in [-0.4, -0.2) is 67.9 Å². The molecular formula is C21H32N4O2S. The van der Waals surface area contributed by atoms with Gasteiger partial charge in [-0.05, 0) is 30.5 Å². The van der Waals surface area contributed by atoms with Gasteiger partial charge in [0.15, 0.2) is 10.7 Å². The first kappa shape index (κ1) is 19.7. The van der Waals surface area contributed by atoms with Gasteiger partial charge in [0.2, 0.25) is 0 Å². The quantitative estimate of drug-likeness (QED) is 0.734. The van der Waals surface area contributed by atoms with E-state index in [1.165, 1.54) is 43.4 Å². The van der Waals surface area contributed by atoms with Crippen LogP contribution in [0.2, 0.25) is 0 Å². The minimum Gasteiger partial charge on any atom is -0.355 e. The number of nitrogens with zero attached hydrogens (tertiary/aromatic N) is 4. The number of rotatable bonds is 6. The van der Waals surface area contributed by atoms with Gasteiger partial charge < -0.3 is 9.80 Å². The SMILES string of the molecule is O=[SH](=O)CN1CCN(Cc2ccc(N3C=CN(C4CCCCC4)C3)cc2)CC1. The van der Waals surface area contributed by atoms with E-state index in [-0.39, 0.29) is 5.88 Å². The lowest BCUT2D eigenvalue weighted by Crippen LogP contribution is -2.46. The predicted octanol–water partition coefficient (Wildman–Crippen LogP) is 2.26. The van der Waals surface area contributed by atoms with Crippen molar-refractivity contribution in [1.29, 1.82) is 0 Å². The molecular weight excluding hydrogens is 372 g/mol. The van der Waals surface area contributed by atoms with E-state index in [1.54, 1.807) is 0 Å². The molecule has 0 amide bonds. The summed E-state index contributed by atoms with van der Waals surface area (Å²) in [4.78, 5) is 9.26. The highest BCUT2D eigenvalue weighted by Crippen LogP contribution is 2.27. The van der Waals surface area contributed by atoms with Gasteiger partial charge in [0.1, 0.15) is 0 Å². The summed E-state index contributed by atoms with van der Waals surface area (Å²) in [5.74, 6) is 0.194. The Labute approximate surface area is 170 Å². The number of anilines is 1. The van der Waals surface area contributed by atoms with Gasteiger partial charge >= 0.3 is 0 Å². The van der Waals surface area contributed by atoms with Crippen molar-refractivity contribution in [3.8, 4) is 0 Å². The number of hydrogen-bond donors (Lipinski definition) is 1. The highest BCUT2D eigenvalue weighted by Gasteiger charge is 2.23. The van der Waals surface area contributed by atoms with Crippen molar-refractivity contribution < 1.29 is 8.42 Å². The second kappa shape index (κ2) is 9.29. The second-order valence-electron chi connectivity index (χ2n) is 8.25. The molecule has 2 fully saturated rings. The van der Waals surface area contributed by atoms with Gasteiger partial charge in [0.25, 0.3) is 0 Å². The first-order chi connectivity index (χ1) is 13.7. The maximum absolute atomic E-state index is 10.9. The average Bonchev–Trinajstić information content (AvgIpc) is 3.21. The Morgan fingerprint density at radius 1 is 0.857 bits per heavy atom. The molecule has 1 aromatic carbocycles. The van der Waals surface area contributed by atoms with Gasteiger partial charge in [-0.15, -0.1) is 0 Å². The molecule has 2 aliphatic heterocycles. The van der Waals surface area contributed by atoms with E-state index in [9.17, 15) is 8.42 Å². The fourth-order valence-electron chi connectivity index (χ4n) is 4.56. The topological polar surface area (TPSA) is 47.1 Å². The van der Waals surface area contributed by atoms with E-state index in [0.717, 1.165) is 39.4 Å². The highest BCUT2D eigenvalue weighted by molar-refractivity contribution is 7.72. The van der Waals surface area contributed by atoms with Crippen LogP contribution in [-0.2, 0) is 17.2 Å². The lowest BCUT2D eigenvalue weighted by atomic mass is 9.95. The van der Waals surface area contributed by atoms with Crippen molar-refractivity contribution in [2.75, 3.05) is 43.6 Å². The lowest BCUT2D eigenvalue weighted by Gasteiger charge is -2.33. The third-order valence-corrected chi connectivity index (χ3v) is 6.88. The minimum atomic E-state index is -2.31. The van der Waals surface area contributed by atoms with Gasteiger partial charge in [-0.25, -0.2) is 8.42 Å². The van der Waals surface area contributed by atoms with Crippen LogP contribution in [0.4, 0.5) is 5.69 Å². The molecule has 154 valence electrons. The van der Waals surface area contributed by atoms with Crippen LogP contribution < -0.4 is 4.90 Å². The summed E-state index contributed by atoms with van der Waals surface area (Å²) in [5.41, 5.74) is 2.57. The van der Waals surface area contributed by atoms with Crippen LogP contribution in [0.3, 0.4) is 0 Å². The smallest absolute Gasteiger partial charge is 0.153 e. The Morgan fingerprint density at radius 3 is 2.21 bits per heavy atom. The van der Waals surface area contributed by atoms with E-state index in [0.29, 0.717) is 6.04 Å². The molecule has 6 nitrogen and oxygen atoms in total. The number of piperazine rings is 1. The fourth-order valence-corrected chi connectivity index (χ4v) is 5.17. The molecule has 7 heteroatoms. The van der Waals surface area contributed by atoms with Crippen LogP contribution in [0.15, 0.2) is 36.7 Å². The Bertz CT molecular complexity index is 727. The molecule has 0 atom stereocenters. The Balaban J connectivity index is 1.26. The van der Waals surface area contributed by atoms with Gasteiger partial charge in [-0.3, -0.25) is 9.80 Å². The maximum atomic E-state index is 10.9. The van der Waals surface area contributed by atoms with Crippen LogP contribution in [0, 0.1) is 0 Å². The number of benzene rings is 1. The summed E-state index contributed by atoms with van der Waals surface area (Å²) in [5, 5.41) is 0. The summed E-state index contributed by atoms with van der Waals surface area (Å²) in [6.07, 6.45) is 11.3. The summed E-state index contributed by atoms with van der Waals surface area (Å²) in [7, 11) is -2.31. The van der Waals surface area contributed by atoms with Gasteiger partial charge in [-0.2, -0.15) is 0 Å². The standard InChI is InChI=1S/C21H32N4O2S/c26-28(27)18-23-12-10-22(11-13-23)16-19-6-8-21(9-7-19)25-15-14-24(17-25)20-4-2-1-3-5-20/h6-9,14-15,20,28H,1-5,10-13,16-18H2. The van der Waals surface area contributed by atoms with Crippen molar-refractivity contribution in [2.24, 2.45) is 0 Å². The third kappa shape index (κ3) is 5.07. The first-order valence-corrected chi connectivity index (χ1v) is 11.9. The summed E-state index contributed by atoms with van der Waals surface area (Å²) in [6.45, 7) is 5.41. The van der Waals surface area contributed by atoms with Crippen LogP contribution in [0.5, 0.6) is 0 Å². The predicted molar refractivity (Wildman–Crippen MR) is 114 cm³/mol. The summed E-state index contributed by atoms with van der Waals surface area (Å²) >= 11 is 0. The zero-order valence-electron chi connectivity index (χ0n) is 16.6. The first-order valence-electron chi connectivity index (χ1n) is 10.5. The molecule has 1 aliphatic carbocycles. The molecule has 0 unspecified atom stereocenters. The highest BCUT2D eigenvalue weighted by atomic mass is 32.2. The van der Waals surface area contributed by atoms with Gasteiger partial charge in [0, 0.05) is 56.9 Å². The van der Waals surface area contributed by atoms with E-state index < -0.39 is 10.7 Å². The van der Waals surface area contributed by atoms with Crippen LogP contribution in [0.25, 0.3) is 0 Å². The fraction of sp³-hybridized carbons (Fsp3) is 0.619. The molecule has 3 aliphatic rings. The molecule has 1 saturated heterocycles. The van der Waals surface area contributed by atoms with E-state index in [4.69, 9.17) is 0 Å². The molecule has 1 saturated carbocycles. The molecule has 2 heterocycles. The molecule has 0 aromatic heterocycles. The van der Waals surface area contributed by atoms with E-state index in [1.807, 2.05) is 4.90 Å². The van der Waals surface area contributed by atoms with Crippen LogP contribution >= 0.6 is 0 Å². The van der Waals surface area contributed by atoms with Gasteiger partial charge in [0.05, 0.1) is 12.5 Å². The van der Waals surface area contributed by atoms with Crippen molar-refractivity contribution >= 4 is 16.4 Å². The third-order valence-electron chi connectivity index (χ3n) is 6.25. The zero-order chi connectivity index (χ0) is 19.3. The summed E-state index contributed by atoms with van der Waals surface area (Å²) < 4.78 is 21.7. The largest absolute Gasteiger partial charge is 0.355 e. The van der Waals surface area contributed by atoms with E-state index in [2.05, 4.69) is 51.4 Å². The van der Waals surface area contributed by atoms with Crippen molar-refractivity contribution in [3.05, 3.63) is 42.2 Å². The maximum Gasteiger partial charge on any atom is 0.153 e. The normalized spacial score (nSPS) is 22.5. The Morgan fingerprint density at radius 2 is 1.54 bits per heavy atom. The summed E-state index contributed by atoms with van der Waals surface area (Å²) in [6, 6.07) is 9.62. The van der Waals surface area contributed by atoms with E-state index >= 15 is 0 Å². The Hall–Kier alpha value is -1.57.